The Kier molecular flexibility index (Phi) is 7.84. The van der Waals surface area contributed by atoms with E-state index >= 15 is 0 Å². The lowest BCUT2D eigenvalue weighted by Gasteiger charge is -2.28. The van der Waals surface area contributed by atoms with Gasteiger partial charge in [0.15, 0.2) is 18.1 Å². The highest BCUT2D eigenvalue weighted by atomic mass is 32.2. The first-order valence-electron chi connectivity index (χ1n) is 12.3. The average Bonchev–Trinajstić information content (AvgIpc) is 2.97. The minimum Gasteiger partial charge on any atom is -0.486 e. The minimum absolute atomic E-state index is 0.0111. The molecule has 3 aromatic carbocycles. The highest BCUT2D eigenvalue weighted by Crippen LogP contribution is 2.32. The van der Waals surface area contributed by atoms with Gasteiger partial charge in [-0.1, -0.05) is 0 Å². The third-order valence-electron chi connectivity index (χ3n) is 6.06. The molecule has 0 atom stereocenters. The number of amides is 1. The van der Waals surface area contributed by atoms with E-state index in [1.807, 2.05) is 12.1 Å². The number of hydrogen-bond donors (Lipinski definition) is 2. The van der Waals surface area contributed by atoms with E-state index in [0.29, 0.717) is 43.6 Å². The fourth-order valence-corrected chi connectivity index (χ4v) is 5.14. The first-order valence-corrected chi connectivity index (χ1v) is 13.8. The summed E-state index contributed by atoms with van der Waals surface area (Å²) in [6.07, 6.45) is 0. The van der Waals surface area contributed by atoms with Crippen LogP contribution >= 0.6 is 0 Å². The molecule has 5 rings (SSSR count). The molecule has 12 heteroatoms. The summed E-state index contributed by atoms with van der Waals surface area (Å²) in [5.74, 6) is -0.352. The number of esters is 1. The number of fused-ring (bicyclic) bond motifs is 1. The van der Waals surface area contributed by atoms with Crippen LogP contribution in [-0.4, -0.2) is 66.4 Å². The molecule has 2 N–H and O–H groups in total. The second kappa shape index (κ2) is 11.6. The molecule has 204 valence electrons. The maximum atomic E-state index is 12.8. The van der Waals surface area contributed by atoms with E-state index in [1.54, 1.807) is 18.2 Å². The second-order valence-electron chi connectivity index (χ2n) is 8.76. The zero-order valence-corrected chi connectivity index (χ0v) is 21.7. The highest BCUT2D eigenvalue weighted by molar-refractivity contribution is 7.92. The van der Waals surface area contributed by atoms with Crippen molar-refractivity contribution in [3.63, 3.8) is 0 Å². The number of carbonyl (C=O) groups excluding carboxylic acids is 2. The van der Waals surface area contributed by atoms with Gasteiger partial charge in [0.05, 0.1) is 23.7 Å². The number of hydrogen-bond acceptors (Lipinski definition) is 9. The Morgan fingerprint density at radius 3 is 2.21 bits per heavy atom. The maximum absolute atomic E-state index is 12.8. The van der Waals surface area contributed by atoms with Crippen molar-refractivity contribution in [2.75, 3.05) is 61.1 Å². The van der Waals surface area contributed by atoms with Gasteiger partial charge in [-0.15, -0.1) is 0 Å². The van der Waals surface area contributed by atoms with Crippen molar-refractivity contribution in [3.05, 3.63) is 72.3 Å². The number of morpholine rings is 1. The van der Waals surface area contributed by atoms with Crippen molar-refractivity contribution in [3.8, 4) is 11.5 Å². The molecule has 3 aromatic rings. The molecule has 2 aliphatic rings. The van der Waals surface area contributed by atoms with Crippen molar-refractivity contribution in [1.82, 2.24) is 0 Å². The second-order valence-corrected chi connectivity index (χ2v) is 10.4. The molecule has 1 amide bonds. The number of rotatable bonds is 8. The van der Waals surface area contributed by atoms with Gasteiger partial charge in [0.2, 0.25) is 0 Å². The van der Waals surface area contributed by atoms with Gasteiger partial charge in [-0.05, 0) is 60.7 Å². The lowest BCUT2D eigenvalue weighted by atomic mass is 10.2. The average molecular weight is 554 g/mol. The molecule has 1 saturated heterocycles. The standard InChI is InChI=1S/C27H27N3O8S/c31-26(28-20-5-7-22(8-6-20)30-11-13-35-14-12-30)18-38-27(32)19-1-3-21(4-2-19)29-39(33,34)23-9-10-24-25(17-23)37-16-15-36-24/h1-10,17,29H,11-16,18H2,(H,28,31). The topological polar surface area (TPSA) is 132 Å². The minimum atomic E-state index is -3.90. The van der Waals surface area contributed by atoms with E-state index in [4.69, 9.17) is 18.9 Å². The molecule has 1 fully saturated rings. The van der Waals surface area contributed by atoms with Crippen LogP contribution in [0.25, 0.3) is 0 Å². The molecule has 0 bridgehead atoms. The zero-order valence-electron chi connectivity index (χ0n) is 20.9. The van der Waals surface area contributed by atoms with Gasteiger partial charge in [0.1, 0.15) is 13.2 Å². The molecule has 0 unspecified atom stereocenters. The molecule has 11 nitrogen and oxygen atoms in total. The maximum Gasteiger partial charge on any atom is 0.338 e. The van der Waals surface area contributed by atoms with Crippen molar-refractivity contribution in [1.29, 1.82) is 0 Å². The Morgan fingerprint density at radius 1 is 0.821 bits per heavy atom. The Bertz CT molecular complexity index is 1440. The van der Waals surface area contributed by atoms with Crippen LogP contribution in [0.1, 0.15) is 10.4 Å². The molecule has 2 aliphatic heterocycles. The Morgan fingerprint density at radius 2 is 1.49 bits per heavy atom. The largest absolute Gasteiger partial charge is 0.486 e. The van der Waals surface area contributed by atoms with E-state index in [9.17, 15) is 18.0 Å². The molecule has 0 aliphatic carbocycles. The van der Waals surface area contributed by atoms with E-state index in [2.05, 4.69) is 14.9 Å². The van der Waals surface area contributed by atoms with Gasteiger partial charge in [-0.25, -0.2) is 13.2 Å². The lowest BCUT2D eigenvalue weighted by Crippen LogP contribution is -2.36. The SMILES string of the molecule is O=C(COC(=O)c1ccc(NS(=O)(=O)c2ccc3c(c2)OCCO3)cc1)Nc1ccc(N2CCOCC2)cc1. The van der Waals surface area contributed by atoms with Crippen LogP contribution in [0.2, 0.25) is 0 Å². The summed E-state index contributed by atoms with van der Waals surface area (Å²) in [5.41, 5.74) is 2.04. The van der Waals surface area contributed by atoms with Crippen LogP contribution in [0.15, 0.2) is 71.6 Å². The van der Waals surface area contributed by atoms with Crippen LogP contribution in [-0.2, 0) is 24.3 Å². The van der Waals surface area contributed by atoms with Crippen molar-refractivity contribution in [2.45, 2.75) is 4.90 Å². The number of nitrogens with zero attached hydrogens (tertiary/aromatic N) is 1. The smallest absolute Gasteiger partial charge is 0.338 e. The van der Waals surface area contributed by atoms with Crippen LogP contribution in [0.3, 0.4) is 0 Å². The molecular formula is C27H27N3O8S. The Hall–Kier alpha value is -4.29. The molecule has 0 aromatic heterocycles. The number of nitrogens with one attached hydrogen (secondary N) is 2. The Labute approximate surface area is 225 Å². The summed E-state index contributed by atoms with van der Waals surface area (Å²) in [6, 6.07) is 17.4. The first kappa shape index (κ1) is 26.3. The third-order valence-corrected chi connectivity index (χ3v) is 7.44. The fourth-order valence-electron chi connectivity index (χ4n) is 4.07. The summed E-state index contributed by atoms with van der Waals surface area (Å²) in [7, 11) is -3.90. The van der Waals surface area contributed by atoms with Crippen molar-refractivity contribution >= 4 is 39.0 Å². The van der Waals surface area contributed by atoms with Crippen LogP contribution in [0.5, 0.6) is 11.5 Å². The first-order chi connectivity index (χ1) is 18.9. The van der Waals surface area contributed by atoms with Gasteiger partial charge in [0.25, 0.3) is 15.9 Å². The lowest BCUT2D eigenvalue weighted by molar-refractivity contribution is -0.119. The van der Waals surface area contributed by atoms with Gasteiger partial charge in [0, 0.05) is 36.2 Å². The van der Waals surface area contributed by atoms with Gasteiger partial charge < -0.3 is 29.2 Å². The quantitative estimate of drug-likeness (QED) is 0.404. The molecule has 2 heterocycles. The van der Waals surface area contributed by atoms with E-state index < -0.39 is 28.5 Å². The molecule has 39 heavy (non-hydrogen) atoms. The Balaban J connectivity index is 1.11. The fraction of sp³-hybridized carbons (Fsp3) is 0.259. The predicted octanol–water partition coefficient (Wildman–Crippen LogP) is 2.89. The molecule has 0 spiro atoms. The summed E-state index contributed by atoms with van der Waals surface area (Å²) in [4.78, 5) is 26.9. The summed E-state index contributed by atoms with van der Waals surface area (Å²) < 4.78 is 49.4. The molecule has 0 saturated carbocycles. The van der Waals surface area contributed by atoms with E-state index in [-0.39, 0.29) is 16.1 Å². The predicted molar refractivity (Wildman–Crippen MR) is 143 cm³/mol. The molecule has 0 radical (unpaired) electrons. The summed E-state index contributed by atoms with van der Waals surface area (Å²) in [5, 5.41) is 2.70. The van der Waals surface area contributed by atoms with Crippen molar-refractivity contribution < 1.29 is 37.0 Å². The van der Waals surface area contributed by atoms with Gasteiger partial charge in [-0.2, -0.15) is 0 Å². The van der Waals surface area contributed by atoms with E-state index in [0.717, 1.165) is 18.8 Å². The number of ether oxygens (including phenoxy) is 4. The van der Waals surface area contributed by atoms with Crippen LogP contribution in [0.4, 0.5) is 17.1 Å². The summed E-state index contributed by atoms with van der Waals surface area (Å²) in [6.45, 7) is 3.27. The number of benzene rings is 3. The highest BCUT2D eigenvalue weighted by Gasteiger charge is 2.20. The summed E-state index contributed by atoms with van der Waals surface area (Å²) >= 11 is 0. The van der Waals surface area contributed by atoms with Gasteiger partial charge in [-0.3, -0.25) is 9.52 Å². The molecular weight excluding hydrogens is 526 g/mol. The third kappa shape index (κ3) is 6.59. The number of sulfonamides is 1. The van der Waals surface area contributed by atoms with Crippen molar-refractivity contribution in [2.24, 2.45) is 0 Å². The van der Waals surface area contributed by atoms with E-state index in [1.165, 1.54) is 36.4 Å². The monoisotopic (exact) mass is 553 g/mol. The van der Waals surface area contributed by atoms with Crippen LogP contribution in [0, 0.1) is 0 Å². The number of anilines is 3. The van der Waals surface area contributed by atoms with Gasteiger partial charge >= 0.3 is 5.97 Å². The number of carbonyl (C=O) groups is 2. The zero-order chi connectivity index (χ0) is 27.2. The van der Waals surface area contributed by atoms with Crippen LogP contribution < -0.4 is 24.4 Å². The normalized spacial score (nSPS) is 14.8.